The summed E-state index contributed by atoms with van der Waals surface area (Å²) in [5.74, 6) is 0.654. The quantitative estimate of drug-likeness (QED) is 0.553. The first-order valence-electron chi connectivity index (χ1n) is 5.17. The van der Waals surface area contributed by atoms with E-state index in [0.29, 0.717) is 18.0 Å². The number of likely N-dealkylation sites (N-methyl/N-ethyl adjacent to an activating group) is 1. The molecular formula is C10H15N5O. The summed E-state index contributed by atoms with van der Waals surface area (Å²) in [6.07, 6.45) is 2.50. The van der Waals surface area contributed by atoms with Crippen LogP contribution < -0.4 is 10.6 Å². The van der Waals surface area contributed by atoms with Gasteiger partial charge in [0.1, 0.15) is 5.84 Å². The van der Waals surface area contributed by atoms with Crippen molar-refractivity contribution in [3.05, 3.63) is 17.8 Å². The molecule has 0 spiro atoms. The minimum Gasteiger partial charge on any atom is -0.384 e. The highest BCUT2D eigenvalue weighted by Gasteiger charge is 2.23. The van der Waals surface area contributed by atoms with Crippen LogP contribution in [-0.2, 0) is 4.74 Å². The molecule has 0 saturated carbocycles. The molecule has 0 aromatic carbocycles. The Hall–Kier alpha value is -1.69. The van der Waals surface area contributed by atoms with Gasteiger partial charge >= 0.3 is 0 Å². The first kappa shape index (κ1) is 10.8. The number of hydrogen-bond acceptors (Lipinski definition) is 5. The molecule has 0 aliphatic carbocycles. The second-order valence-corrected chi connectivity index (χ2v) is 3.81. The number of rotatable bonds is 3. The maximum absolute atomic E-state index is 7.49. The van der Waals surface area contributed by atoms with E-state index in [1.165, 1.54) is 0 Å². The van der Waals surface area contributed by atoms with E-state index in [1.54, 1.807) is 12.3 Å². The molecule has 3 N–H and O–H groups in total. The number of nitrogens with zero attached hydrogens (tertiary/aromatic N) is 3. The largest absolute Gasteiger partial charge is 0.384 e. The summed E-state index contributed by atoms with van der Waals surface area (Å²) >= 11 is 0. The van der Waals surface area contributed by atoms with Crippen LogP contribution in [0.1, 0.15) is 12.0 Å². The summed E-state index contributed by atoms with van der Waals surface area (Å²) < 4.78 is 5.33. The standard InChI is InChI=1S/C10H15N5O/c1-15(7-3-5-16-6-7)10-8(9(11)12)2-4-13-14-10/h2,4,7H,3,5-6H2,1H3,(H3,11,12). The molecule has 6 nitrogen and oxygen atoms in total. The maximum Gasteiger partial charge on any atom is 0.162 e. The number of ether oxygens (including phenoxy) is 1. The lowest BCUT2D eigenvalue weighted by atomic mass is 10.2. The van der Waals surface area contributed by atoms with Crippen molar-refractivity contribution in [3.8, 4) is 0 Å². The fraction of sp³-hybridized carbons (Fsp3) is 0.500. The average molecular weight is 221 g/mol. The van der Waals surface area contributed by atoms with Gasteiger partial charge in [0.15, 0.2) is 5.82 Å². The number of anilines is 1. The van der Waals surface area contributed by atoms with E-state index in [1.807, 2.05) is 11.9 Å². The Bertz CT molecular complexity index is 389. The van der Waals surface area contributed by atoms with Crippen molar-refractivity contribution in [3.63, 3.8) is 0 Å². The summed E-state index contributed by atoms with van der Waals surface area (Å²) in [7, 11) is 1.93. The molecule has 0 radical (unpaired) electrons. The highest BCUT2D eigenvalue weighted by molar-refractivity contribution is 5.99. The summed E-state index contributed by atoms with van der Waals surface area (Å²) in [6, 6.07) is 1.99. The molecule has 0 bridgehead atoms. The molecule has 6 heteroatoms. The SMILES string of the molecule is CN(c1nnccc1C(=N)N)C1CCOC1. The number of nitrogens with one attached hydrogen (secondary N) is 1. The highest BCUT2D eigenvalue weighted by Crippen LogP contribution is 2.20. The molecule has 1 aromatic heterocycles. The van der Waals surface area contributed by atoms with Gasteiger partial charge in [-0.25, -0.2) is 0 Å². The monoisotopic (exact) mass is 221 g/mol. The van der Waals surface area contributed by atoms with E-state index in [2.05, 4.69) is 10.2 Å². The van der Waals surface area contributed by atoms with E-state index in [-0.39, 0.29) is 11.9 Å². The van der Waals surface area contributed by atoms with E-state index in [4.69, 9.17) is 15.9 Å². The first-order valence-corrected chi connectivity index (χ1v) is 5.17. The molecule has 1 aliphatic rings. The van der Waals surface area contributed by atoms with E-state index < -0.39 is 0 Å². The Balaban J connectivity index is 2.27. The molecule has 86 valence electrons. The van der Waals surface area contributed by atoms with Gasteiger partial charge in [-0.05, 0) is 12.5 Å². The predicted molar refractivity (Wildman–Crippen MR) is 60.7 cm³/mol. The van der Waals surface area contributed by atoms with Crippen LogP contribution in [0.15, 0.2) is 12.3 Å². The molecule has 1 aromatic rings. The van der Waals surface area contributed by atoms with Crippen LogP contribution in [0, 0.1) is 5.41 Å². The zero-order valence-electron chi connectivity index (χ0n) is 9.18. The van der Waals surface area contributed by atoms with Crippen LogP contribution in [0.25, 0.3) is 0 Å². The minimum absolute atomic E-state index is 0.00988. The van der Waals surface area contributed by atoms with Gasteiger partial charge in [0.25, 0.3) is 0 Å². The fourth-order valence-electron chi connectivity index (χ4n) is 1.80. The lowest BCUT2D eigenvalue weighted by Crippen LogP contribution is -2.34. The Morgan fingerprint density at radius 1 is 1.69 bits per heavy atom. The Labute approximate surface area is 93.9 Å². The van der Waals surface area contributed by atoms with Crippen molar-refractivity contribution >= 4 is 11.7 Å². The number of nitrogen functional groups attached to an aromatic ring is 1. The molecule has 1 aliphatic heterocycles. The highest BCUT2D eigenvalue weighted by atomic mass is 16.5. The average Bonchev–Trinajstić information content (AvgIpc) is 2.81. The third-order valence-electron chi connectivity index (χ3n) is 2.78. The van der Waals surface area contributed by atoms with E-state index in [0.717, 1.165) is 13.0 Å². The van der Waals surface area contributed by atoms with Gasteiger partial charge < -0.3 is 15.4 Å². The van der Waals surface area contributed by atoms with E-state index >= 15 is 0 Å². The molecule has 1 unspecified atom stereocenters. The number of nitrogens with two attached hydrogens (primary N) is 1. The Morgan fingerprint density at radius 2 is 2.50 bits per heavy atom. The minimum atomic E-state index is 0.00988. The smallest absolute Gasteiger partial charge is 0.162 e. The van der Waals surface area contributed by atoms with Crippen molar-refractivity contribution in [1.82, 2.24) is 10.2 Å². The zero-order chi connectivity index (χ0) is 11.5. The molecule has 2 rings (SSSR count). The molecule has 1 saturated heterocycles. The third-order valence-corrected chi connectivity index (χ3v) is 2.78. The lowest BCUT2D eigenvalue weighted by molar-refractivity contribution is 0.193. The van der Waals surface area contributed by atoms with Crippen molar-refractivity contribution in [2.45, 2.75) is 12.5 Å². The molecule has 1 fully saturated rings. The topological polar surface area (TPSA) is 88.1 Å². The van der Waals surface area contributed by atoms with Gasteiger partial charge in [-0.3, -0.25) is 5.41 Å². The number of hydrogen-bond donors (Lipinski definition) is 2. The second kappa shape index (κ2) is 4.44. The van der Waals surface area contributed by atoms with Crippen LogP contribution in [0.3, 0.4) is 0 Å². The first-order chi connectivity index (χ1) is 7.70. The number of aromatic nitrogens is 2. The van der Waals surface area contributed by atoms with Crippen molar-refractivity contribution in [2.75, 3.05) is 25.2 Å². The summed E-state index contributed by atoms with van der Waals surface area (Å²) in [4.78, 5) is 1.98. The maximum atomic E-state index is 7.49. The number of amidine groups is 1. The van der Waals surface area contributed by atoms with Gasteiger partial charge in [0.05, 0.1) is 24.4 Å². The molecule has 1 atom stereocenters. The molecule has 0 amide bonds. The van der Waals surface area contributed by atoms with Gasteiger partial charge in [-0.2, -0.15) is 5.10 Å². The fourth-order valence-corrected chi connectivity index (χ4v) is 1.80. The van der Waals surface area contributed by atoms with E-state index in [9.17, 15) is 0 Å². The normalized spacial score (nSPS) is 19.7. The van der Waals surface area contributed by atoms with Gasteiger partial charge in [-0.15, -0.1) is 5.10 Å². The molecule has 16 heavy (non-hydrogen) atoms. The Morgan fingerprint density at radius 3 is 3.12 bits per heavy atom. The predicted octanol–water partition coefficient (Wildman–Crippen LogP) is -0.0142. The van der Waals surface area contributed by atoms with Gasteiger partial charge in [0.2, 0.25) is 0 Å². The van der Waals surface area contributed by atoms with Crippen LogP contribution in [0.4, 0.5) is 5.82 Å². The lowest BCUT2D eigenvalue weighted by Gasteiger charge is -2.25. The van der Waals surface area contributed by atoms with Crippen molar-refractivity contribution in [2.24, 2.45) is 5.73 Å². The summed E-state index contributed by atoms with van der Waals surface area (Å²) in [6.45, 7) is 1.45. The zero-order valence-corrected chi connectivity index (χ0v) is 9.18. The summed E-state index contributed by atoms with van der Waals surface area (Å²) in [5, 5.41) is 15.4. The van der Waals surface area contributed by atoms with Crippen LogP contribution >= 0.6 is 0 Å². The molecule has 2 heterocycles. The molecular weight excluding hydrogens is 206 g/mol. The van der Waals surface area contributed by atoms with Gasteiger partial charge in [-0.1, -0.05) is 0 Å². The van der Waals surface area contributed by atoms with Crippen molar-refractivity contribution in [1.29, 1.82) is 5.41 Å². The van der Waals surface area contributed by atoms with Crippen LogP contribution in [0.2, 0.25) is 0 Å². The van der Waals surface area contributed by atoms with Gasteiger partial charge in [0, 0.05) is 13.7 Å². The Kier molecular flexibility index (Phi) is 3.00. The summed E-state index contributed by atoms with van der Waals surface area (Å²) in [5.41, 5.74) is 6.12. The van der Waals surface area contributed by atoms with Crippen molar-refractivity contribution < 1.29 is 4.74 Å². The third kappa shape index (κ3) is 1.96. The van der Waals surface area contributed by atoms with Crippen LogP contribution in [0.5, 0.6) is 0 Å². The second-order valence-electron chi connectivity index (χ2n) is 3.81. The van der Waals surface area contributed by atoms with Crippen LogP contribution in [-0.4, -0.2) is 42.3 Å².